The molecule has 0 heterocycles. The van der Waals surface area contributed by atoms with Crippen molar-refractivity contribution >= 4 is 0 Å². The van der Waals surface area contributed by atoms with Gasteiger partial charge in [-0.3, -0.25) is 0 Å². The molecule has 1 atom stereocenters. The molecule has 2 nitrogen and oxygen atoms in total. The van der Waals surface area contributed by atoms with E-state index in [0.29, 0.717) is 0 Å². The van der Waals surface area contributed by atoms with Crippen molar-refractivity contribution in [2.75, 3.05) is 20.1 Å². The van der Waals surface area contributed by atoms with E-state index in [9.17, 15) is 0 Å². The van der Waals surface area contributed by atoms with Crippen molar-refractivity contribution in [1.82, 2.24) is 4.90 Å². The standard InChI is InChI=1S/C15H24N2/c1-12-4-3-5-14(10-12)15(16)8-9-17(2)11-13-6-7-13/h3-5,10,13,15H,6-9,11,16H2,1-2H3. The fraction of sp³-hybridized carbons (Fsp3) is 0.600. The maximum atomic E-state index is 6.23. The summed E-state index contributed by atoms with van der Waals surface area (Å²) in [5.74, 6) is 0.968. The number of hydrogen-bond acceptors (Lipinski definition) is 2. The first-order chi connectivity index (χ1) is 8.15. The molecule has 17 heavy (non-hydrogen) atoms. The monoisotopic (exact) mass is 232 g/mol. The summed E-state index contributed by atoms with van der Waals surface area (Å²) >= 11 is 0. The minimum Gasteiger partial charge on any atom is -0.324 e. The maximum absolute atomic E-state index is 6.23. The quantitative estimate of drug-likeness (QED) is 0.817. The van der Waals surface area contributed by atoms with Crippen LogP contribution in [0.4, 0.5) is 0 Å². The van der Waals surface area contributed by atoms with Gasteiger partial charge in [0.05, 0.1) is 0 Å². The fourth-order valence-electron chi connectivity index (χ4n) is 2.26. The summed E-state index contributed by atoms with van der Waals surface area (Å²) < 4.78 is 0. The van der Waals surface area contributed by atoms with E-state index in [1.54, 1.807) is 0 Å². The zero-order valence-corrected chi connectivity index (χ0v) is 11.0. The Morgan fingerprint density at radius 3 is 2.82 bits per heavy atom. The Bertz CT molecular complexity index is 358. The predicted octanol–water partition coefficient (Wildman–Crippen LogP) is 2.73. The molecule has 0 aliphatic heterocycles. The molecule has 1 aliphatic rings. The van der Waals surface area contributed by atoms with Crippen LogP contribution in [0.3, 0.4) is 0 Å². The van der Waals surface area contributed by atoms with E-state index in [-0.39, 0.29) is 6.04 Å². The highest BCUT2D eigenvalue weighted by Gasteiger charge is 2.22. The van der Waals surface area contributed by atoms with Gasteiger partial charge in [-0.05, 0) is 51.3 Å². The maximum Gasteiger partial charge on any atom is 0.0307 e. The van der Waals surface area contributed by atoms with E-state index in [2.05, 4.69) is 43.1 Å². The third kappa shape index (κ3) is 4.14. The Morgan fingerprint density at radius 1 is 1.41 bits per heavy atom. The predicted molar refractivity (Wildman–Crippen MR) is 72.9 cm³/mol. The molecule has 1 unspecified atom stereocenters. The topological polar surface area (TPSA) is 29.3 Å². The van der Waals surface area contributed by atoms with Gasteiger partial charge in [-0.15, -0.1) is 0 Å². The molecule has 2 rings (SSSR count). The third-order valence-electron chi connectivity index (χ3n) is 3.56. The molecule has 1 fully saturated rings. The van der Waals surface area contributed by atoms with Gasteiger partial charge in [-0.2, -0.15) is 0 Å². The first-order valence-corrected chi connectivity index (χ1v) is 6.66. The highest BCUT2D eigenvalue weighted by Crippen LogP contribution is 2.29. The summed E-state index contributed by atoms with van der Waals surface area (Å²) in [6.45, 7) is 4.47. The Morgan fingerprint density at radius 2 is 2.18 bits per heavy atom. The van der Waals surface area contributed by atoms with E-state index in [1.165, 1.54) is 30.5 Å². The molecule has 2 heteroatoms. The van der Waals surface area contributed by atoms with Crippen molar-refractivity contribution in [3.8, 4) is 0 Å². The minimum absolute atomic E-state index is 0.177. The SMILES string of the molecule is Cc1cccc(C(N)CCN(C)CC2CC2)c1. The van der Waals surface area contributed by atoms with Gasteiger partial charge in [-0.1, -0.05) is 29.8 Å². The third-order valence-corrected chi connectivity index (χ3v) is 3.56. The van der Waals surface area contributed by atoms with Gasteiger partial charge in [-0.25, -0.2) is 0 Å². The zero-order chi connectivity index (χ0) is 12.3. The number of benzene rings is 1. The van der Waals surface area contributed by atoms with Crippen LogP contribution in [0.1, 0.15) is 36.4 Å². The lowest BCUT2D eigenvalue weighted by Gasteiger charge is -2.19. The summed E-state index contributed by atoms with van der Waals surface area (Å²) in [5, 5.41) is 0. The summed E-state index contributed by atoms with van der Waals surface area (Å²) in [6.07, 6.45) is 3.90. The van der Waals surface area contributed by atoms with E-state index >= 15 is 0 Å². The second-order valence-electron chi connectivity index (χ2n) is 5.51. The Labute approximate surface area is 105 Å². The molecule has 0 aromatic heterocycles. The molecular weight excluding hydrogens is 208 g/mol. The lowest BCUT2D eigenvalue weighted by molar-refractivity contribution is 0.306. The molecule has 2 N–H and O–H groups in total. The van der Waals surface area contributed by atoms with Crippen LogP contribution in [0, 0.1) is 12.8 Å². The van der Waals surface area contributed by atoms with Crippen LogP contribution in [0.5, 0.6) is 0 Å². The van der Waals surface area contributed by atoms with E-state index in [0.717, 1.165) is 18.9 Å². The number of aryl methyl sites for hydroxylation is 1. The molecule has 0 saturated heterocycles. The molecule has 1 aromatic rings. The van der Waals surface area contributed by atoms with E-state index in [4.69, 9.17) is 5.73 Å². The first kappa shape index (κ1) is 12.6. The number of nitrogens with two attached hydrogens (primary N) is 1. The number of hydrogen-bond donors (Lipinski definition) is 1. The van der Waals surface area contributed by atoms with Crippen LogP contribution in [0.25, 0.3) is 0 Å². The van der Waals surface area contributed by atoms with Gasteiger partial charge < -0.3 is 10.6 Å². The summed E-state index contributed by atoms with van der Waals surface area (Å²) in [6, 6.07) is 8.73. The van der Waals surface area contributed by atoms with Crippen LogP contribution < -0.4 is 5.73 Å². The van der Waals surface area contributed by atoms with Gasteiger partial charge in [0.25, 0.3) is 0 Å². The molecule has 0 radical (unpaired) electrons. The molecule has 1 aromatic carbocycles. The van der Waals surface area contributed by atoms with E-state index in [1.807, 2.05) is 0 Å². The average Bonchev–Trinajstić information content (AvgIpc) is 3.10. The van der Waals surface area contributed by atoms with Crippen LogP contribution in [0.2, 0.25) is 0 Å². The molecule has 1 aliphatic carbocycles. The Balaban J connectivity index is 1.77. The zero-order valence-electron chi connectivity index (χ0n) is 11.0. The van der Waals surface area contributed by atoms with Gasteiger partial charge in [0.2, 0.25) is 0 Å². The lowest BCUT2D eigenvalue weighted by Crippen LogP contribution is -2.25. The summed E-state index contributed by atoms with van der Waals surface area (Å²) in [7, 11) is 2.21. The molecule has 0 bridgehead atoms. The Hall–Kier alpha value is -0.860. The van der Waals surface area contributed by atoms with Crippen LogP contribution in [-0.2, 0) is 0 Å². The largest absolute Gasteiger partial charge is 0.324 e. The number of rotatable bonds is 6. The molecule has 1 saturated carbocycles. The van der Waals surface area contributed by atoms with Crippen LogP contribution in [-0.4, -0.2) is 25.0 Å². The number of nitrogens with zero attached hydrogens (tertiary/aromatic N) is 1. The van der Waals surface area contributed by atoms with Gasteiger partial charge in [0.1, 0.15) is 0 Å². The fourth-order valence-corrected chi connectivity index (χ4v) is 2.26. The van der Waals surface area contributed by atoms with Crippen molar-refractivity contribution < 1.29 is 0 Å². The van der Waals surface area contributed by atoms with Gasteiger partial charge in [0.15, 0.2) is 0 Å². The average molecular weight is 232 g/mol. The van der Waals surface area contributed by atoms with Crippen molar-refractivity contribution in [3.63, 3.8) is 0 Å². The molecule has 0 spiro atoms. The van der Waals surface area contributed by atoms with Crippen LogP contribution >= 0.6 is 0 Å². The Kier molecular flexibility index (Phi) is 4.19. The molecule has 0 amide bonds. The van der Waals surface area contributed by atoms with Crippen molar-refractivity contribution in [3.05, 3.63) is 35.4 Å². The van der Waals surface area contributed by atoms with Gasteiger partial charge in [0, 0.05) is 12.6 Å². The normalized spacial score (nSPS) is 17.4. The van der Waals surface area contributed by atoms with E-state index < -0.39 is 0 Å². The van der Waals surface area contributed by atoms with Crippen molar-refractivity contribution in [2.45, 2.75) is 32.2 Å². The first-order valence-electron chi connectivity index (χ1n) is 6.66. The molecular formula is C15H24N2. The highest BCUT2D eigenvalue weighted by molar-refractivity contribution is 5.24. The van der Waals surface area contributed by atoms with Crippen molar-refractivity contribution in [1.29, 1.82) is 0 Å². The van der Waals surface area contributed by atoms with Crippen LogP contribution in [0.15, 0.2) is 24.3 Å². The second kappa shape index (κ2) is 5.65. The van der Waals surface area contributed by atoms with Crippen molar-refractivity contribution in [2.24, 2.45) is 11.7 Å². The smallest absolute Gasteiger partial charge is 0.0307 e. The highest BCUT2D eigenvalue weighted by atomic mass is 15.1. The summed E-state index contributed by atoms with van der Waals surface area (Å²) in [5.41, 5.74) is 8.80. The summed E-state index contributed by atoms with van der Waals surface area (Å²) in [4.78, 5) is 2.42. The lowest BCUT2D eigenvalue weighted by atomic mass is 10.0. The molecule has 94 valence electrons. The minimum atomic E-state index is 0.177. The van der Waals surface area contributed by atoms with Gasteiger partial charge >= 0.3 is 0 Å². The second-order valence-corrected chi connectivity index (χ2v) is 5.51.